The molecule has 2 aromatic heterocycles. The molecule has 6 heteroatoms. The molecule has 0 radical (unpaired) electrons. The zero-order chi connectivity index (χ0) is 14.3. The van der Waals surface area contributed by atoms with E-state index in [4.69, 9.17) is 15.0 Å². The van der Waals surface area contributed by atoms with Gasteiger partial charge in [-0.3, -0.25) is 4.98 Å². The van der Waals surface area contributed by atoms with Crippen molar-refractivity contribution in [3.8, 4) is 11.5 Å². The van der Waals surface area contributed by atoms with Gasteiger partial charge in [-0.2, -0.15) is 4.98 Å². The van der Waals surface area contributed by atoms with Gasteiger partial charge in [0.2, 0.25) is 11.7 Å². The number of benzene rings is 1. The fourth-order valence-electron chi connectivity index (χ4n) is 2.57. The smallest absolute Gasteiger partial charge is 0.249 e. The van der Waals surface area contributed by atoms with Crippen molar-refractivity contribution in [3.05, 3.63) is 42.4 Å². The number of rotatable bonds is 2. The standard InChI is InChI=1S/C15H14N4O2/c16-15(6-8-20-9-15)14-18-13(19-21-14)12-11-4-2-1-3-10(11)5-7-17-12/h1-5,7H,6,8-9,16H2. The van der Waals surface area contributed by atoms with Crippen LogP contribution in [0.1, 0.15) is 12.3 Å². The van der Waals surface area contributed by atoms with Gasteiger partial charge >= 0.3 is 0 Å². The van der Waals surface area contributed by atoms with E-state index in [1.54, 1.807) is 6.20 Å². The van der Waals surface area contributed by atoms with Crippen LogP contribution in [0.25, 0.3) is 22.3 Å². The first-order valence-corrected chi connectivity index (χ1v) is 6.81. The first kappa shape index (κ1) is 12.4. The summed E-state index contributed by atoms with van der Waals surface area (Å²) in [4.78, 5) is 8.82. The van der Waals surface area contributed by atoms with Gasteiger partial charge < -0.3 is 15.0 Å². The maximum atomic E-state index is 6.24. The van der Waals surface area contributed by atoms with Gasteiger partial charge in [0.05, 0.1) is 6.61 Å². The van der Waals surface area contributed by atoms with Crippen LogP contribution in [-0.2, 0) is 10.3 Å². The van der Waals surface area contributed by atoms with Crippen LogP contribution in [-0.4, -0.2) is 28.3 Å². The molecule has 6 nitrogen and oxygen atoms in total. The molecular weight excluding hydrogens is 268 g/mol. The van der Waals surface area contributed by atoms with Gasteiger partial charge in [-0.05, 0) is 17.9 Å². The lowest BCUT2D eigenvalue weighted by Crippen LogP contribution is -2.37. The minimum absolute atomic E-state index is 0.400. The lowest BCUT2D eigenvalue weighted by atomic mass is 10.0. The summed E-state index contributed by atoms with van der Waals surface area (Å²) in [5, 5.41) is 6.11. The Hall–Kier alpha value is -2.31. The summed E-state index contributed by atoms with van der Waals surface area (Å²) in [7, 11) is 0. The normalized spacial score (nSPS) is 22.0. The van der Waals surface area contributed by atoms with Gasteiger partial charge in [0.1, 0.15) is 11.2 Å². The van der Waals surface area contributed by atoms with E-state index >= 15 is 0 Å². The summed E-state index contributed by atoms with van der Waals surface area (Å²) in [6, 6.07) is 9.92. The van der Waals surface area contributed by atoms with Crippen LogP contribution < -0.4 is 5.73 Å². The zero-order valence-electron chi connectivity index (χ0n) is 11.3. The Labute approximate surface area is 120 Å². The Bertz CT molecular complexity index is 788. The molecule has 4 rings (SSSR count). The summed E-state index contributed by atoms with van der Waals surface area (Å²) in [6.45, 7) is 1.01. The monoisotopic (exact) mass is 282 g/mol. The van der Waals surface area contributed by atoms with Crippen molar-refractivity contribution >= 4 is 10.8 Å². The lowest BCUT2D eigenvalue weighted by Gasteiger charge is -2.14. The summed E-state index contributed by atoms with van der Waals surface area (Å²) < 4.78 is 10.7. The number of nitrogens with two attached hydrogens (primary N) is 1. The predicted molar refractivity (Wildman–Crippen MR) is 76.3 cm³/mol. The van der Waals surface area contributed by atoms with Crippen LogP contribution in [0.3, 0.4) is 0 Å². The zero-order valence-corrected chi connectivity index (χ0v) is 11.3. The highest BCUT2D eigenvalue weighted by Crippen LogP contribution is 2.29. The molecule has 0 amide bonds. The molecule has 21 heavy (non-hydrogen) atoms. The van der Waals surface area contributed by atoms with E-state index < -0.39 is 5.54 Å². The SMILES string of the molecule is NC1(c2nc(-c3nccc4ccccc34)no2)CCOC1. The third-order valence-corrected chi connectivity index (χ3v) is 3.79. The van der Waals surface area contributed by atoms with E-state index in [0.717, 1.165) is 10.8 Å². The largest absolute Gasteiger partial charge is 0.379 e. The predicted octanol–water partition coefficient (Wildman–Crippen LogP) is 1.86. The molecule has 3 aromatic rings. The molecule has 1 aliphatic rings. The molecule has 0 bridgehead atoms. The Kier molecular flexibility index (Phi) is 2.73. The number of ether oxygens (including phenoxy) is 1. The molecule has 1 saturated heterocycles. The molecule has 1 aliphatic heterocycles. The van der Waals surface area contributed by atoms with E-state index in [1.165, 1.54) is 0 Å². The van der Waals surface area contributed by atoms with Crippen LogP contribution in [0, 0.1) is 0 Å². The molecule has 1 fully saturated rings. The van der Waals surface area contributed by atoms with E-state index in [-0.39, 0.29) is 0 Å². The van der Waals surface area contributed by atoms with Gasteiger partial charge in [0.15, 0.2) is 0 Å². The van der Waals surface area contributed by atoms with E-state index in [2.05, 4.69) is 15.1 Å². The molecule has 3 heterocycles. The van der Waals surface area contributed by atoms with Crippen LogP contribution in [0.5, 0.6) is 0 Å². The fourth-order valence-corrected chi connectivity index (χ4v) is 2.57. The first-order valence-electron chi connectivity index (χ1n) is 6.81. The maximum absolute atomic E-state index is 6.24. The number of aromatic nitrogens is 3. The van der Waals surface area contributed by atoms with E-state index in [0.29, 0.717) is 37.0 Å². The Morgan fingerprint density at radius 1 is 1.19 bits per heavy atom. The average molecular weight is 282 g/mol. The van der Waals surface area contributed by atoms with Crippen molar-refractivity contribution in [2.75, 3.05) is 13.2 Å². The van der Waals surface area contributed by atoms with Gasteiger partial charge in [-0.15, -0.1) is 0 Å². The van der Waals surface area contributed by atoms with Crippen LogP contribution in [0.2, 0.25) is 0 Å². The summed E-state index contributed by atoms with van der Waals surface area (Å²) >= 11 is 0. The number of nitrogens with zero attached hydrogens (tertiary/aromatic N) is 3. The van der Waals surface area contributed by atoms with E-state index in [1.807, 2.05) is 30.3 Å². The van der Waals surface area contributed by atoms with Gasteiger partial charge in [0.25, 0.3) is 0 Å². The maximum Gasteiger partial charge on any atom is 0.249 e. The van der Waals surface area contributed by atoms with Crippen LogP contribution in [0.15, 0.2) is 41.1 Å². The van der Waals surface area contributed by atoms with Crippen molar-refractivity contribution < 1.29 is 9.26 Å². The Balaban J connectivity index is 1.81. The molecular formula is C15H14N4O2. The quantitative estimate of drug-likeness (QED) is 0.772. The number of hydrogen-bond acceptors (Lipinski definition) is 6. The third kappa shape index (κ3) is 2.00. The van der Waals surface area contributed by atoms with E-state index in [9.17, 15) is 0 Å². The van der Waals surface area contributed by atoms with Gasteiger partial charge in [-0.25, -0.2) is 0 Å². The number of fused-ring (bicyclic) bond motifs is 1. The highest BCUT2D eigenvalue weighted by molar-refractivity contribution is 5.92. The highest BCUT2D eigenvalue weighted by atomic mass is 16.5. The van der Waals surface area contributed by atoms with Gasteiger partial charge in [-0.1, -0.05) is 29.4 Å². The molecule has 1 unspecified atom stereocenters. The first-order chi connectivity index (χ1) is 10.3. The molecule has 2 N–H and O–H groups in total. The topological polar surface area (TPSA) is 87.1 Å². The van der Waals surface area contributed by atoms with Crippen LogP contribution in [0.4, 0.5) is 0 Å². The number of hydrogen-bond donors (Lipinski definition) is 1. The minimum atomic E-state index is -0.685. The molecule has 1 aromatic carbocycles. The lowest BCUT2D eigenvalue weighted by molar-refractivity contribution is 0.166. The van der Waals surface area contributed by atoms with Crippen molar-refractivity contribution in [3.63, 3.8) is 0 Å². The molecule has 0 saturated carbocycles. The van der Waals surface area contributed by atoms with Crippen molar-refractivity contribution in [2.45, 2.75) is 12.0 Å². The fraction of sp³-hybridized carbons (Fsp3) is 0.267. The third-order valence-electron chi connectivity index (χ3n) is 3.79. The second-order valence-corrected chi connectivity index (χ2v) is 5.26. The highest BCUT2D eigenvalue weighted by Gasteiger charge is 2.38. The van der Waals surface area contributed by atoms with Crippen molar-refractivity contribution in [2.24, 2.45) is 5.73 Å². The number of pyridine rings is 1. The average Bonchev–Trinajstić information content (AvgIpc) is 3.16. The van der Waals surface area contributed by atoms with Crippen molar-refractivity contribution in [1.82, 2.24) is 15.1 Å². The molecule has 0 aliphatic carbocycles. The second-order valence-electron chi connectivity index (χ2n) is 5.26. The Morgan fingerprint density at radius 3 is 2.95 bits per heavy atom. The summed E-state index contributed by atoms with van der Waals surface area (Å²) in [5.41, 5.74) is 6.26. The molecule has 1 atom stereocenters. The van der Waals surface area contributed by atoms with Gasteiger partial charge in [0, 0.05) is 18.2 Å². The van der Waals surface area contributed by atoms with Crippen LogP contribution >= 0.6 is 0 Å². The minimum Gasteiger partial charge on any atom is -0.379 e. The Morgan fingerprint density at radius 2 is 2.10 bits per heavy atom. The summed E-state index contributed by atoms with van der Waals surface area (Å²) in [6.07, 6.45) is 2.42. The summed E-state index contributed by atoms with van der Waals surface area (Å²) in [5.74, 6) is 0.864. The van der Waals surface area contributed by atoms with Crippen molar-refractivity contribution in [1.29, 1.82) is 0 Å². The molecule has 106 valence electrons. The second kappa shape index (κ2) is 4.61. The molecule has 0 spiro atoms.